The van der Waals surface area contributed by atoms with Crippen molar-refractivity contribution in [3.8, 4) is 5.75 Å². The summed E-state index contributed by atoms with van der Waals surface area (Å²) in [7, 11) is -1.07. The first kappa shape index (κ1) is 20.9. The highest BCUT2D eigenvalue weighted by molar-refractivity contribution is 7.91. The van der Waals surface area contributed by atoms with Gasteiger partial charge in [0, 0.05) is 45.3 Å². The summed E-state index contributed by atoms with van der Waals surface area (Å²) in [6.45, 7) is 6.27. The van der Waals surface area contributed by atoms with Crippen LogP contribution in [-0.4, -0.2) is 70.6 Å². The van der Waals surface area contributed by atoms with Gasteiger partial charge in [-0.1, -0.05) is 12.1 Å². The Morgan fingerprint density at radius 2 is 2.00 bits per heavy atom. The Hall–Kier alpha value is -1.80. The fourth-order valence-electron chi connectivity index (χ4n) is 3.14. The predicted molar refractivity (Wildman–Crippen MR) is 113 cm³/mol. The van der Waals surface area contributed by atoms with Crippen molar-refractivity contribution in [1.29, 1.82) is 0 Å². The van der Waals surface area contributed by atoms with Crippen molar-refractivity contribution >= 4 is 15.8 Å². The van der Waals surface area contributed by atoms with Gasteiger partial charge < -0.3 is 15.4 Å². The van der Waals surface area contributed by atoms with E-state index in [1.165, 1.54) is 18.4 Å². The molecule has 8 heteroatoms. The normalized spacial score (nSPS) is 20.0. The number of hydrogen-bond acceptors (Lipinski definition) is 5. The lowest BCUT2D eigenvalue weighted by atomic mass is 10.1. The lowest BCUT2D eigenvalue weighted by molar-refractivity contribution is 0.296. The summed E-state index contributed by atoms with van der Waals surface area (Å²) >= 11 is 0. The Bertz CT molecular complexity index is 777. The summed E-state index contributed by atoms with van der Waals surface area (Å²) in [5.74, 6) is 2.93. The van der Waals surface area contributed by atoms with E-state index in [0.29, 0.717) is 19.6 Å². The highest BCUT2D eigenvalue weighted by atomic mass is 32.2. The first-order valence-electron chi connectivity index (χ1n) is 10.0. The molecule has 2 N–H and O–H groups in total. The number of aryl methyl sites for hydroxylation is 1. The molecule has 0 unspecified atom stereocenters. The molecule has 0 bridgehead atoms. The zero-order valence-corrected chi connectivity index (χ0v) is 17.7. The van der Waals surface area contributed by atoms with E-state index in [0.717, 1.165) is 42.9 Å². The summed E-state index contributed by atoms with van der Waals surface area (Å²) in [6, 6.07) is 6.30. The third-order valence-electron chi connectivity index (χ3n) is 5.22. The highest BCUT2D eigenvalue weighted by Gasteiger charge is 2.22. The molecular weight excluding hydrogens is 376 g/mol. The van der Waals surface area contributed by atoms with Crippen molar-refractivity contribution in [2.45, 2.75) is 26.3 Å². The minimum absolute atomic E-state index is 0.261. The van der Waals surface area contributed by atoms with E-state index in [1.54, 1.807) is 7.05 Å². The molecule has 0 radical (unpaired) electrons. The molecule has 0 amide bonds. The number of aliphatic imine (C=N–C) groups is 1. The highest BCUT2D eigenvalue weighted by Crippen LogP contribution is 2.30. The first-order chi connectivity index (χ1) is 13.4. The smallest absolute Gasteiger partial charge is 0.191 e. The molecule has 7 nitrogen and oxygen atoms in total. The van der Waals surface area contributed by atoms with Crippen molar-refractivity contribution in [2.24, 2.45) is 10.9 Å². The SMILES string of the molecule is CN=C(NCCN1CCS(=O)(=O)CC1)NCc1ccc(C)cc1OCC1CC1. The molecule has 1 saturated carbocycles. The number of hydrogen-bond donors (Lipinski definition) is 2. The molecule has 28 heavy (non-hydrogen) atoms. The number of nitrogens with one attached hydrogen (secondary N) is 2. The van der Waals surface area contributed by atoms with Crippen LogP contribution in [0.15, 0.2) is 23.2 Å². The van der Waals surface area contributed by atoms with Gasteiger partial charge in [-0.15, -0.1) is 0 Å². The maximum absolute atomic E-state index is 11.5. The van der Waals surface area contributed by atoms with Crippen molar-refractivity contribution in [2.75, 3.05) is 51.3 Å². The first-order valence-corrected chi connectivity index (χ1v) is 11.9. The van der Waals surface area contributed by atoms with Crippen LogP contribution < -0.4 is 15.4 Å². The Labute approximate surface area is 168 Å². The molecule has 0 atom stereocenters. The van der Waals surface area contributed by atoms with Gasteiger partial charge >= 0.3 is 0 Å². The number of benzene rings is 1. The number of nitrogens with zero attached hydrogens (tertiary/aromatic N) is 2. The second-order valence-electron chi connectivity index (χ2n) is 7.71. The second kappa shape index (κ2) is 9.60. The van der Waals surface area contributed by atoms with Crippen molar-refractivity contribution in [3.05, 3.63) is 29.3 Å². The largest absolute Gasteiger partial charge is 0.493 e. The van der Waals surface area contributed by atoms with Crippen LogP contribution in [0.3, 0.4) is 0 Å². The van der Waals surface area contributed by atoms with Crippen molar-refractivity contribution in [3.63, 3.8) is 0 Å². The summed E-state index contributed by atoms with van der Waals surface area (Å²) in [5.41, 5.74) is 2.32. The van der Waals surface area contributed by atoms with Gasteiger partial charge in [-0.05, 0) is 37.3 Å². The van der Waals surface area contributed by atoms with Crippen LogP contribution in [-0.2, 0) is 16.4 Å². The van der Waals surface area contributed by atoms with E-state index in [2.05, 4.69) is 45.6 Å². The number of rotatable bonds is 8. The van der Waals surface area contributed by atoms with Crippen LogP contribution in [0.25, 0.3) is 0 Å². The monoisotopic (exact) mass is 408 g/mol. The second-order valence-corrected chi connectivity index (χ2v) is 10.0. The van der Waals surface area contributed by atoms with E-state index in [9.17, 15) is 8.42 Å². The Balaban J connectivity index is 1.43. The van der Waals surface area contributed by atoms with Crippen LogP contribution in [0.2, 0.25) is 0 Å². The number of sulfone groups is 1. The molecule has 2 aliphatic rings. The quantitative estimate of drug-likeness (QED) is 0.497. The van der Waals surface area contributed by atoms with Crippen molar-refractivity contribution in [1.82, 2.24) is 15.5 Å². The van der Waals surface area contributed by atoms with Gasteiger partial charge in [-0.2, -0.15) is 0 Å². The predicted octanol–water partition coefficient (Wildman–Crippen LogP) is 1.18. The minimum Gasteiger partial charge on any atom is -0.493 e. The summed E-state index contributed by atoms with van der Waals surface area (Å²) in [6.07, 6.45) is 2.55. The molecule has 0 spiro atoms. The molecule has 1 aromatic rings. The minimum atomic E-state index is -2.82. The van der Waals surface area contributed by atoms with Crippen molar-refractivity contribution < 1.29 is 13.2 Å². The molecule has 1 aliphatic heterocycles. The lowest BCUT2D eigenvalue weighted by Gasteiger charge is -2.26. The topological polar surface area (TPSA) is 83.0 Å². The summed E-state index contributed by atoms with van der Waals surface area (Å²) in [4.78, 5) is 6.45. The van der Waals surface area contributed by atoms with Crippen LogP contribution in [0.4, 0.5) is 0 Å². The molecule has 1 heterocycles. The average molecular weight is 409 g/mol. The maximum Gasteiger partial charge on any atom is 0.191 e. The lowest BCUT2D eigenvalue weighted by Crippen LogP contribution is -2.45. The Kier molecular flexibility index (Phi) is 7.18. The molecule has 1 aromatic carbocycles. The van der Waals surface area contributed by atoms with Crippen LogP contribution in [0.1, 0.15) is 24.0 Å². The van der Waals surface area contributed by atoms with E-state index >= 15 is 0 Å². The standard InChI is InChI=1S/C20H32N4O3S/c1-16-3-6-18(19(13-16)27-15-17-4-5-17)14-23-20(21-2)22-7-8-24-9-11-28(25,26)12-10-24/h3,6,13,17H,4-5,7-12,14-15H2,1-2H3,(H2,21,22,23). The summed E-state index contributed by atoms with van der Waals surface area (Å²) in [5, 5.41) is 6.65. The molecule has 156 valence electrons. The Morgan fingerprint density at radius 1 is 1.25 bits per heavy atom. The molecular formula is C20H32N4O3S. The molecule has 0 aromatic heterocycles. The van der Waals surface area contributed by atoms with Gasteiger partial charge in [0.15, 0.2) is 15.8 Å². The van der Waals surface area contributed by atoms with Gasteiger partial charge in [-0.25, -0.2) is 8.42 Å². The van der Waals surface area contributed by atoms with Crippen LogP contribution in [0, 0.1) is 12.8 Å². The van der Waals surface area contributed by atoms with Gasteiger partial charge in [-0.3, -0.25) is 9.89 Å². The van der Waals surface area contributed by atoms with Crippen LogP contribution in [0.5, 0.6) is 5.75 Å². The maximum atomic E-state index is 11.5. The molecule has 2 fully saturated rings. The molecule has 1 saturated heterocycles. The molecule has 1 aliphatic carbocycles. The zero-order valence-electron chi connectivity index (χ0n) is 16.9. The number of guanidine groups is 1. The third kappa shape index (κ3) is 6.67. The van der Waals surface area contributed by atoms with Gasteiger partial charge in [0.1, 0.15) is 5.75 Å². The Morgan fingerprint density at radius 3 is 2.68 bits per heavy atom. The van der Waals surface area contributed by atoms with E-state index in [4.69, 9.17) is 4.74 Å². The average Bonchev–Trinajstić information content (AvgIpc) is 3.49. The van der Waals surface area contributed by atoms with E-state index < -0.39 is 9.84 Å². The molecule has 3 rings (SSSR count). The van der Waals surface area contributed by atoms with Gasteiger partial charge in [0.05, 0.1) is 18.1 Å². The van der Waals surface area contributed by atoms with E-state index in [1.807, 2.05) is 0 Å². The fourth-order valence-corrected chi connectivity index (χ4v) is 4.42. The van der Waals surface area contributed by atoms with Crippen LogP contribution >= 0.6 is 0 Å². The van der Waals surface area contributed by atoms with Gasteiger partial charge in [0.2, 0.25) is 0 Å². The number of ether oxygens (including phenoxy) is 1. The zero-order chi connectivity index (χ0) is 20.0. The van der Waals surface area contributed by atoms with Gasteiger partial charge in [0.25, 0.3) is 0 Å². The summed E-state index contributed by atoms with van der Waals surface area (Å²) < 4.78 is 29.0. The fraction of sp³-hybridized carbons (Fsp3) is 0.650. The third-order valence-corrected chi connectivity index (χ3v) is 6.83. The van der Waals surface area contributed by atoms with E-state index in [-0.39, 0.29) is 11.5 Å².